The van der Waals surface area contributed by atoms with Crippen LogP contribution in [-0.2, 0) is 17.8 Å². The molecule has 0 spiro atoms. The Kier molecular flexibility index (Phi) is 5.58. The molecule has 4 rings (SSSR count). The molecule has 1 saturated heterocycles. The zero-order valence-corrected chi connectivity index (χ0v) is 15.1. The molecule has 1 fully saturated rings. The van der Waals surface area contributed by atoms with E-state index in [1.54, 1.807) is 4.90 Å². The maximum atomic E-state index is 12.8. The minimum atomic E-state index is -0.509. The van der Waals surface area contributed by atoms with Crippen molar-refractivity contribution >= 4 is 29.9 Å². The van der Waals surface area contributed by atoms with Crippen LogP contribution in [0.5, 0.6) is 0 Å². The maximum absolute atomic E-state index is 12.8. The molecule has 2 amide bonds. The van der Waals surface area contributed by atoms with E-state index in [1.165, 1.54) is 0 Å². The number of aromatic amines is 1. The number of benzene rings is 1. The van der Waals surface area contributed by atoms with Crippen molar-refractivity contribution in [2.75, 3.05) is 18.0 Å². The van der Waals surface area contributed by atoms with Crippen molar-refractivity contribution in [1.29, 1.82) is 0 Å². The number of hydrogen-bond donors (Lipinski definition) is 3. The number of carbonyl (C=O) groups excluding carboxylic acids is 2. The summed E-state index contributed by atoms with van der Waals surface area (Å²) in [6.45, 7) is 2.18. The number of H-pyrrole nitrogens is 1. The van der Waals surface area contributed by atoms with Crippen molar-refractivity contribution in [1.82, 2.24) is 20.8 Å². The fraction of sp³-hybridized carbons (Fsp3) is 0.389. The number of para-hydroxylation sites is 1. The minimum absolute atomic E-state index is 0. The summed E-state index contributed by atoms with van der Waals surface area (Å²) in [6.07, 6.45) is 2.34. The molecule has 1 aromatic heterocycles. The number of nitrogens with zero attached hydrogens (tertiary/aromatic N) is 2. The van der Waals surface area contributed by atoms with Gasteiger partial charge in [-0.3, -0.25) is 14.7 Å². The minimum Gasteiger partial charge on any atom is -0.339 e. The Labute approximate surface area is 157 Å². The standard InChI is InChI=1S/C18H21N5O2.ClH/c24-17(16-13-11-19-9-8-14(13)21-22-16)20-15-7-4-10-23(18(15)25)12-5-2-1-3-6-12;/h1-3,5-6,15,19H,4,7-11H2,(H,20,24)(H,21,22);1H. The summed E-state index contributed by atoms with van der Waals surface area (Å²) in [7, 11) is 0. The number of amides is 2. The van der Waals surface area contributed by atoms with Crippen molar-refractivity contribution in [3.05, 3.63) is 47.3 Å². The maximum Gasteiger partial charge on any atom is 0.272 e. The van der Waals surface area contributed by atoms with Crippen LogP contribution in [0, 0.1) is 0 Å². The van der Waals surface area contributed by atoms with Crippen LogP contribution in [0.15, 0.2) is 30.3 Å². The van der Waals surface area contributed by atoms with Gasteiger partial charge in [0.1, 0.15) is 6.04 Å². The topological polar surface area (TPSA) is 90.1 Å². The molecule has 2 aromatic rings. The lowest BCUT2D eigenvalue weighted by atomic mass is 10.0. The first-order valence-corrected chi connectivity index (χ1v) is 8.68. The molecule has 1 aromatic carbocycles. The third-order valence-corrected chi connectivity index (χ3v) is 4.83. The van der Waals surface area contributed by atoms with Crippen LogP contribution < -0.4 is 15.5 Å². The van der Waals surface area contributed by atoms with Gasteiger partial charge in [0.25, 0.3) is 5.91 Å². The average Bonchev–Trinajstić information content (AvgIpc) is 3.08. The number of rotatable bonds is 3. The largest absolute Gasteiger partial charge is 0.339 e. The third-order valence-electron chi connectivity index (χ3n) is 4.83. The molecule has 0 bridgehead atoms. The third kappa shape index (κ3) is 3.45. The SMILES string of the molecule is Cl.O=C(NC1CCCN(c2ccccc2)C1=O)c1n[nH]c2c1CNCC2. The molecular weight excluding hydrogens is 354 g/mol. The van der Waals surface area contributed by atoms with Gasteiger partial charge in [0, 0.05) is 43.0 Å². The van der Waals surface area contributed by atoms with Crippen molar-refractivity contribution in [3.63, 3.8) is 0 Å². The summed E-state index contributed by atoms with van der Waals surface area (Å²) in [5, 5.41) is 13.2. The zero-order chi connectivity index (χ0) is 17.2. The Morgan fingerprint density at radius 1 is 1.27 bits per heavy atom. The summed E-state index contributed by atoms with van der Waals surface area (Å²) < 4.78 is 0. The van der Waals surface area contributed by atoms with Gasteiger partial charge in [0.05, 0.1) is 0 Å². The van der Waals surface area contributed by atoms with E-state index in [0.29, 0.717) is 25.2 Å². The van der Waals surface area contributed by atoms with Crippen LogP contribution in [0.3, 0.4) is 0 Å². The van der Waals surface area contributed by atoms with E-state index in [2.05, 4.69) is 20.8 Å². The Hall–Kier alpha value is -2.38. The second-order valence-corrected chi connectivity index (χ2v) is 6.45. The molecule has 2 aliphatic heterocycles. The highest BCUT2D eigenvalue weighted by Crippen LogP contribution is 2.21. The number of hydrogen-bond acceptors (Lipinski definition) is 4. The first-order valence-electron chi connectivity index (χ1n) is 8.68. The van der Waals surface area contributed by atoms with Gasteiger partial charge in [-0.1, -0.05) is 18.2 Å². The number of aromatic nitrogens is 2. The van der Waals surface area contributed by atoms with Gasteiger partial charge in [-0.2, -0.15) is 5.10 Å². The number of carbonyl (C=O) groups is 2. The van der Waals surface area contributed by atoms with Gasteiger partial charge >= 0.3 is 0 Å². The number of anilines is 1. The predicted octanol–water partition coefficient (Wildman–Crippen LogP) is 1.40. The Morgan fingerprint density at radius 3 is 2.88 bits per heavy atom. The van der Waals surface area contributed by atoms with Crippen LogP contribution in [0.4, 0.5) is 5.69 Å². The highest BCUT2D eigenvalue weighted by molar-refractivity contribution is 6.02. The summed E-state index contributed by atoms with van der Waals surface area (Å²) in [4.78, 5) is 27.2. The predicted molar refractivity (Wildman–Crippen MR) is 101 cm³/mol. The second-order valence-electron chi connectivity index (χ2n) is 6.45. The molecule has 7 nitrogen and oxygen atoms in total. The van der Waals surface area contributed by atoms with Crippen LogP contribution in [0.2, 0.25) is 0 Å². The van der Waals surface area contributed by atoms with Crippen LogP contribution in [-0.4, -0.2) is 41.1 Å². The number of fused-ring (bicyclic) bond motifs is 1. The van der Waals surface area contributed by atoms with Crippen LogP contribution >= 0.6 is 12.4 Å². The highest BCUT2D eigenvalue weighted by Gasteiger charge is 2.32. The molecule has 2 aliphatic rings. The smallest absolute Gasteiger partial charge is 0.272 e. The van der Waals surface area contributed by atoms with Crippen molar-refractivity contribution in [3.8, 4) is 0 Å². The lowest BCUT2D eigenvalue weighted by molar-refractivity contribution is -0.121. The van der Waals surface area contributed by atoms with E-state index in [1.807, 2.05) is 30.3 Å². The fourth-order valence-corrected chi connectivity index (χ4v) is 3.51. The Morgan fingerprint density at radius 2 is 2.08 bits per heavy atom. The molecule has 1 unspecified atom stereocenters. The first kappa shape index (κ1) is 18.4. The fourth-order valence-electron chi connectivity index (χ4n) is 3.51. The van der Waals surface area contributed by atoms with Gasteiger partial charge in [0.15, 0.2) is 5.69 Å². The number of nitrogens with one attached hydrogen (secondary N) is 3. The van der Waals surface area contributed by atoms with Crippen LogP contribution in [0.1, 0.15) is 34.6 Å². The van der Waals surface area contributed by atoms with E-state index in [4.69, 9.17) is 0 Å². The van der Waals surface area contributed by atoms with E-state index in [0.717, 1.165) is 36.3 Å². The second kappa shape index (κ2) is 7.88. The van der Waals surface area contributed by atoms with Gasteiger partial charge in [0.2, 0.25) is 5.91 Å². The molecule has 26 heavy (non-hydrogen) atoms. The van der Waals surface area contributed by atoms with E-state index < -0.39 is 6.04 Å². The Bertz CT molecular complexity index is 792. The van der Waals surface area contributed by atoms with Gasteiger partial charge in [-0.05, 0) is 25.0 Å². The average molecular weight is 376 g/mol. The summed E-state index contributed by atoms with van der Waals surface area (Å²) >= 11 is 0. The van der Waals surface area contributed by atoms with Crippen molar-refractivity contribution in [2.45, 2.75) is 31.8 Å². The molecule has 3 N–H and O–H groups in total. The summed E-state index contributed by atoms with van der Waals surface area (Å²) in [6, 6.07) is 9.06. The molecule has 0 aliphatic carbocycles. The van der Waals surface area contributed by atoms with Crippen molar-refractivity contribution < 1.29 is 9.59 Å². The molecule has 0 radical (unpaired) electrons. The van der Waals surface area contributed by atoms with Gasteiger partial charge in [-0.25, -0.2) is 0 Å². The molecule has 138 valence electrons. The van der Waals surface area contributed by atoms with Gasteiger partial charge < -0.3 is 15.5 Å². The summed E-state index contributed by atoms with van der Waals surface area (Å²) in [5.41, 5.74) is 3.18. The van der Waals surface area contributed by atoms with Crippen molar-refractivity contribution in [2.24, 2.45) is 0 Å². The Balaban J connectivity index is 0.00000196. The van der Waals surface area contributed by atoms with E-state index in [9.17, 15) is 9.59 Å². The molecule has 0 saturated carbocycles. The number of halogens is 1. The lowest BCUT2D eigenvalue weighted by Crippen LogP contribution is -2.52. The molecule has 1 atom stereocenters. The highest BCUT2D eigenvalue weighted by atomic mass is 35.5. The quantitative estimate of drug-likeness (QED) is 0.756. The van der Waals surface area contributed by atoms with E-state index >= 15 is 0 Å². The molecule has 8 heteroatoms. The number of piperidine rings is 1. The monoisotopic (exact) mass is 375 g/mol. The molecular formula is C18H22ClN5O2. The van der Waals surface area contributed by atoms with Gasteiger partial charge in [-0.15, -0.1) is 12.4 Å². The normalized spacial score (nSPS) is 19.5. The summed E-state index contributed by atoms with van der Waals surface area (Å²) in [5.74, 6) is -0.345. The van der Waals surface area contributed by atoms with E-state index in [-0.39, 0.29) is 24.2 Å². The van der Waals surface area contributed by atoms with Crippen LogP contribution in [0.25, 0.3) is 0 Å². The first-order chi connectivity index (χ1) is 12.2. The molecule has 3 heterocycles. The zero-order valence-electron chi connectivity index (χ0n) is 14.3. The lowest BCUT2D eigenvalue weighted by Gasteiger charge is -2.32.